The number of halogens is 1. The van der Waals surface area contributed by atoms with Gasteiger partial charge in [0.15, 0.2) is 0 Å². The Balaban J connectivity index is 2.20. The van der Waals surface area contributed by atoms with Gasteiger partial charge >= 0.3 is 0 Å². The van der Waals surface area contributed by atoms with E-state index in [1.807, 2.05) is 6.07 Å². The summed E-state index contributed by atoms with van der Waals surface area (Å²) in [7, 11) is 0. The Hall–Kier alpha value is -1.07. The zero-order valence-corrected chi connectivity index (χ0v) is 11.1. The van der Waals surface area contributed by atoms with Gasteiger partial charge in [-0.3, -0.25) is 4.79 Å². The first-order valence-electron chi connectivity index (χ1n) is 5.66. The Labute approximate surface area is 109 Å². The second-order valence-corrected chi connectivity index (χ2v) is 5.22. The summed E-state index contributed by atoms with van der Waals surface area (Å²) < 4.78 is 0.909. The van der Waals surface area contributed by atoms with Gasteiger partial charge in [0.2, 0.25) is 5.91 Å². The Bertz CT molecular complexity index is 436. The molecule has 0 bridgehead atoms. The first-order valence-corrected chi connectivity index (χ1v) is 6.45. The van der Waals surface area contributed by atoms with Crippen molar-refractivity contribution in [1.82, 2.24) is 0 Å². The second-order valence-electron chi connectivity index (χ2n) is 4.37. The molecule has 1 fully saturated rings. The minimum absolute atomic E-state index is 0.404. The van der Waals surface area contributed by atoms with Gasteiger partial charge in [-0.1, -0.05) is 0 Å². The third-order valence-electron chi connectivity index (χ3n) is 3.19. The lowest BCUT2D eigenvalue weighted by Crippen LogP contribution is -2.23. The summed E-state index contributed by atoms with van der Waals surface area (Å²) in [4.78, 5) is 13.3. The largest absolute Gasteiger partial charge is 0.370 e. The van der Waals surface area contributed by atoms with Gasteiger partial charge in [0, 0.05) is 23.1 Å². The quantitative estimate of drug-likeness (QED) is 0.884. The molecule has 1 aliphatic heterocycles. The summed E-state index contributed by atoms with van der Waals surface area (Å²) in [5.74, 6) is 0.163. The van der Waals surface area contributed by atoms with Gasteiger partial charge in [-0.2, -0.15) is 0 Å². The van der Waals surface area contributed by atoms with Gasteiger partial charge in [0.25, 0.3) is 0 Å². The van der Waals surface area contributed by atoms with E-state index in [2.05, 4.69) is 20.8 Å². The molecule has 0 aromatic heterocycles. The van der Waals surface area contributed by atoms with Gasteiger partial charge in [0.1, 0.15) is 0 Å². The van der Waals surface area contributed by atoms with Gasteiger partial charge < -0.3 is 16.4 Å². The molecule has 4 nitrogen and oxygen atoms in total. The van der Waals surface area contributed by atoms with Crippen molar-refractivity contribution in [2.45, 2.75) is 6.42 Å². The lowest BCUT2D eigenvalue weighted by atomic mass is 10.1. The Morgan fingerprint density at radius 3 is 2.82 bits per heavy atom. The number of carbonyl (C=O) groups excluding carboxylic acids is 1. The van der Waals surface area contributed by atoms with E-state index in [9.17, 15) is 4.79 Å². The van der Waals surface area contributed by atoms with E-state index >= 15 is 0 Å². The third-order valence-corrected chi connectivity index (χ3v) is 3.83. The van der Waals surface area contributed by atoms with Crippen molar-refractivity contribution in [2.24, 2.45) is 17.4 Å². The molecule has 2 rings (SSSR count). The number of primary amides is 1. The van der Waals surface area contributed by atoms with Crippen molar-refractivity contribution in [3.05, 3.63) is 28.2 Å². The fraction of sp³-hybridized carbons (Fsp3) is 0.417. The molecule has 1 amide bonds. The highest BCUT2D eigenvalue weighted by molar-refractivity contribution is 9.10. The average Bonchev–Trinajstić information content (AvgIpc) is 2.77. The topological polar surface area (TPSA) is 72.3 Å². The SMILES string of the molecule is NCC1CCN(c2ccc(C(N)=O)cc2Br)C1. The normalized spacial score (nSPS) is 19.6. The van der Waals surface area contributed by atoms with E-state index in [1.54, 1.807) is 12.1 Å². The minimum atomic E-state index is -0.404. The molecule has 0 radical (unpaired) electrons. The van der Waals surface area contributed by atoms with Crippen LogP contribution in [0, 0.1) is 5.92 Å². The second kappa shape index (κ2) is 5.06. The van der Waals surface area contributed by atoms with Crippen molar-refractivity contribution < 1.29 is 4.79 Å². The molecule has 1 aromatic carbocycles. The summed E-state index contributed by atoms with van der Waals surface area (Å²) >= 11 is 3.49. The van der Waals surface area contributed by atoms with Crippen LogP contribution in [0.25, 0.3) is 0 Å². The highest BCUT2D eigenvalue weighted by Crippen LogP contribution is 2.31. The summed E-state index contributed by atoms with van der Waals surface area (Å²) in [5.41, 5.74) is 12.5. The molecule has 5 heteroatoms. The smallest absolute Gasteiger partial charge is 0.248 e. The molecule has 92 valence electrons. The predicted molar refractivity (Wildman–Crippen MR) is 72.0 cm³/mol. The standard InChI is InChI=1S/C12H16BrN3O/c13-10-5-9(12(15)17)1-2-11(10)16-4-3-8(6-14)7-16/h1-2,5,8H,3-4,6-7,14H2,(H2,15,17). The Kier molecular flexibility index (Phi) is 3.69. The number of nitrogens with two attached hydrogens (primary N) is 2. The number of hydrogen-bond donors (Lipinski definition) is 2. The van der Waals surface area contributed by atoms with Crippen LogP contribution in [0.2, 0.25) is 0 Å². The predicted octanol–water partition coefficient (Wildman–Crippen LogP) is 1.33. The van der Waals surface area contributed by atoms with Crippen LogP contribution >= 0.6 is 15.9 Å². The number of nitrogens with zero attached hydrogens (tertiary/aromatic N) is 1. The van der Waals surface area contributed by atoms with Crippen molar-refractivity contribution >= 4 is 27.5 Å². The van der Waals surface area contributed by atoms with Gasteiger partial charge in [-0.05, 0) is 53.0 Å². The zero-order valence-electron chi connectivity index (χ0n) is 9.53. The van der Waals surface area contributed by atoms with Crippen LogP contribution in [0.4, 0.5) is 5.69 Å². The van der Waals surface area contributed by atoms with Crippen molar-refractivity contribution in [1.29, 1.82) is 0 Å². The van der Waals surface area contributed by atoms with E-state index in [0.29, 0.717) is 11.5 Å². The van der Waals surface area contributed by atoms with Crippen LogP contribution in [-0.4, -0.2) is 25.5 Å². The number of benzene rings is 1. The van der Waals surface area contributed by atoms with Crippen LogP contribution in [0.1, 0.15) is 16.8 Å². The van der Waals surface area contributed by atoms with E-state index < -0.39 is 5.91 Å². The monoisotopic (exact) mass is 297 g/mol. The van der Waals surface area contributed by atoms with Crippen LogP contribution in [-0.2, 0) is 0 Å². The Morgan fingerprint density at radius 1 is 1.53 bits per heavy atom. The fourth-order valence-corrected chi connectivity index (χ4v) is 2.79. The fourth-order valence-electron chi connectivity index (χ4n) is 2.16. The van der Waals surface area contributed by atoms with Crippen molar-refractivity contribution in [3.63, 3.8) is 0 Å². The lowest BCUT2D eigenvalue weighted by molar-refractivity contribution is 0.100. The average molecular weight is 298 g/mol. The molecular formula is C12H16BrN3O. The molecule has 17 heavy (non-hydrogen) atoms. The molecule has 1 unspecified atom stereocenters. The summed E-state index contributed by atoms with van der Waals surface area (Å²) in [6.07, 6.45) is 1.13. The van der Waals surface area contributed by atoms with Crippen LogP contribution < -0.4 is 16.4 Å². The number of anilines is 1. The first-order chi connectivity index (χ1) is 8.11. The van der Waals surface area contributed by atoms with Crippen LogP contribution in [0.5, 0.6) is 0 Å². The first kappa shape index (κ1) is 12.4. The minimum Gasteiger partial charge on any atom is -0.370 e. The molecule has 0 spiro atoms. The van der Waals surface area contributed by atoms with Crippen molar-refractivity contribution in [3.8, 4) is 0 Å². The molecule has 1 saturated heterocycles. The highest BCUT2D eigenvalue weighted by atomic mass is 79.9. The maximum absolute atomic E-state index is 11.1. The van der Waals surface area contributed by atoms with E-state index in [4.69, 9.17) is 11.5 Å². The van der Waals surface area contributed by atoms with E-state index in [0.717, 1.165) is 36.2 Å². The van der Waals surface area contributed by atoms with Gasteiger partial charge in [-0.25, -0.2) is 0 Å². The van der Waals surface area contributed by atoms with E-state index in [-0.39, 0.29) is 0 Å². The van der Waals surface area contributed by atoms with Gasteiger partial charge in [-0.15, -0.1) is 0 Å². The number of carbonyl (C=O) groups is 1. The molecule has 1 atom stereocenters. The molecule has 1 heterocycles. The molecular weight excluding hydrogens is 282 g/mol. The van der Waals surface area contributed by atoms with Crippen LogP contribution in [0.15, 0.2) is 22.7 Å². The van der Waals surface area contributed by atoms with E-state index in [1.165, 1.54) is 0 Å². The van der Waals surface area contributed by atoms with Gasteiger partial charge in [0.05, 0.1) is 5.69 Å². The summed E-state index contributed by atoms with van der Waals surface area (Å²) in [6.45, 7) is 2.72. The van der Waals surface area contributed by atoms with Crippen molar-refractivity contribution in [2.75, 3.05) is 24.5 Å². The van der Waals surface area contributed by atoms with Crippen LogP contribution in [0.3, 0.4) is 0 Å². The molecule has 4 N–H and O–H groups in total. The number of hydrogen-bond acceptors (Lipinski definition) is 3. The maximum atomic E-state index is 11.1. The third kappa shape index (κ3) is 2.61. The maximum Gasteiger partial charge on any atom is 0.248 e. The molecule has 1 aliphatic rings. The summed E-state index contributed by atoms with van der Waals surface area (Å²) in [6, 6.07) is 5.47. The molecule has 0 aliphatic carbocycles. The molecule has 0 saturated carbocycles. The lowest BCUT2D eigenvalue weighted by Gasteiger charge is -2.20. The highest BCUT2D eigenvalue weighted by Gasteiger charge is 2.22. The number of amides is 1. The summed E-state index contributed by atoms with van der Waals surface area (Å²) in [5, 5.41) is 0. The Morgan fingerprint density at radius 2 is 2.29 bits per heavy atom. The zero-order chi connectivity index (χ0) is 12.4. The molecule has 1 aromatic rings. The number of rotatable bonds is 3.